The Morgan fingerprint density at radius 2 is 2.17 bits per heavy atom. The first-order chi connectivity index (χ1) is 5.58. The molecule has 1 rings (SSSR count). The molecular weight excluding hydrogens is 176 g/mol. The Hall–Kier alpha value is -1.03. The quantitative estimate of drug-likeness (QED) is 0.688. The molecule has 0 saturated carbocycles. The van der Waals surface area contributed by atoms with Gasteiger partial charge in [-0.2, -0.15) is 4.98 Å². The van der Waals surface area contributed by atoms with Crippen molar-refractivity contribution in [2.24, 2.45) is 0 Å². The predicted octanol–water partition coefficient (Wildman–Crippen LogP) is 1.53. The summed E-state index contributed by atoms with van der Waals surface area (Å²) in [5.74, 6) is 0.841. The lowest BCUT2D eigenvalue weighted by atomic mass is 10.4. The summed E-state index contributed by atoms with van der Waals surface area (Å²) in [5, 5.41) is 3.35. The van der Waals surface area contributed by atoms with Gasteiger partial charge in [0, 0.05) is 12.1 Å². The third-order valence-corrected chi connectivity index (χ3v) is 1.33. The molecule has 4 nitrogen and oxygen atoms in total. The summed E-state index contributed by atoms with van der Waals surface area (Å²) in [7, 11) is 0. The van der Waals surface area contributed by atoms with Crippen LogP contribution in [-0.4, -0.2) is 16.0 Å². The van der Waals surface area contributed by atoms with Crippen LogP contribution >= 0.6 is 11.6 Å². The number of nitrogens with zero attached hydrogens (tertiary/aromatic N) is 2. The van der Waals surface area contributed by atoms with Gasteiger partial charge in [0.1, 0.15) is 11.0 Å². The number of hydrogen-bond acceptors (Lipinski definition) is 4. The average molecular weight is 187 g/mol. The summed E-state index contributed by atoms with van der Waals surface area (Å²) >= 11 is 5.66. The van der Waals surface area contributed by atoms with Crippen LogP contribution < -0.4 is 11.1 Å². The van der Waals surface area contributed by atoms with Crippen LogP contribution in [0.5, 0.6) is 0 Å². The Kier molecular flexibility index (Phi) is 2.70. The van der Waals surface area contributed by atoms with Gasteiger partial charge in [0.2, 0.25) is 5.95 Å². The van der Waals surface area contributed by atoms with Gasteiger partial charge in [-0.3, -0.25) is 0 Å². The smallest absolute Gasteiger partial charge is 0.226 e. The Morgan fingerprint density at radius 1 is 1.50 bits per heavy atom. The molecule has 1 aromatic heterocycles. The molecule has 0 fully saturated rings. The van der Waals surface area contributed by atoms with E-state index in [0.29, 0.717) is 16.9 Å². The Morgan fingerprint density at radius 3 is 2.67 bits per heavy atom. The molecule has 0 radical (unpaired) electrons. The van der Waals surface area contributed by atoms with E-state index in [9.17, 15) is 0 Å². The van der Waals surface area contributed by atoms with Gasteiger partial charge in [-0.05, 0) is 13.8 Å². The lowest BCUT2D eigenvalue weighted by Crippen LogP contribution is -2.13. The van der Waals surface area contributed by atoms with E-state index in [0.717, 1.165) is 0 Å². The summed E-state index contributed by atoms with van der Waals surface area (Å²) in [5.41, 5.74) is 5.46. The first-order valence-corrected chi connectivity index (χ1v) is 4.02. The van der Waals surface area contributed by atoms with E-state index in [2.05, 4.69) is 15.3 Å². The highest BCUT2D eigenvalue weighted by atomic mass is 35.5. The van der Waals surface area contributed by atoms with Crippen molar-refractivity contribution in [2.45, 2.75) is 19.9 Å². The topological polar surface area (TPSA) is 63.8 Å². The van der Waals surface area contributed by atoms with E-state index < -0.39 is 0 Å². The molecule has 0 aromatic carbocycles. The lowest BCUT2D eigenvalue weighted by Gasteiger charge is -2.07. The van der Waals surface area contributed by atoms with Crippen LogP contribution in [0.25, 0.3) is 0 Å². The summed E-state index contributed by atoms with van der Waals surface area (Å²) in [6.07, 6.45) is 0. The third-order valence-electron chi connectivity index (χ3n) is 1.13. The van der Waals surface area contributed by atoms with E-state index in [4.69, 9.17) is 17.3 Å². The Bertz CT molecular complexity index is 254. The van der Waals surface area contributed by atoms with Gasteiger partial charge in [0.05, 0.1) is 0 Å². The Balaban J connectivity index is 2.85. The molecule has 1 heterocycles. The molecule has 0 aliphatic rings. The van der Waals surface area contributed by atoms with Crippen molar-refractivity contribution in [3.63, 3.8) is 0 Å². The molecule has 0 atom stereocenters. The van der Waals surface area contributed by atoms with Crippen LogP contribution in [0.2, 0.25) is 5.15 Å². The summed E-state index contributed by atoms with van der Waals surface area (Å²) in [6, 6.07) is 1.77. The van der Waals surface area contributed by atoms with Crippen molar-refractivity contribution in [2.75, 3.05) is 11.1 Å². The first-order valence-electron chi connectivity index (χ1n) is 3.64. The van der Waals surface area contributed by atoms with Crippen molar-refractivity contribution < 1.29 is 0 Å². The fraction of sp³-hybridized carbons (Fsp3) is 0.429. The highest BCUT2D eigenvalue weighted by molar-refractivity contribution is 6.29. The monoisotopic (exact) mass is 186 g/mol. The number of anilines is 2. The minimum Gasteiger partial charge on any atom is -0.383 e. The molecule has 12 heavy (non-hydrogen) atoms. The molecule has 0 unspecified atom stereocenters. The summed E-state index contributed by atoms with van der Waals surface area (Å²) in [4.78, 5) is 7.88. The fourth-order valence-electron chi connectivity index (χ4n) is 0.758. The van der Waals surface area contributed by atoms with Gasteiger partial charge in [-0.25, -0.2) is 4.98 Å². The SMILES string of the molecule is CC(C)Nc1nc(N)cc(Cl)n1. The van der Waals surface area contributed by atoms with E-state index in [1.165, 1.54) is 6.07 Å². The number of nitrogen functional groups attached to an aromatic ring is 1. The highest BCUT2D eigenvalue weighted by Gasteiger charge is 2.01. The molecule has 0 aliphatic carbocycles. The van der Waals surface area contributed by atoms with Crippen LogP contribution in [0.1, 0.15) is 13.8 Å². The van der Waals surface area contributed by atoms with E-state index in [1.807, 2.05) is 13.8 Å². The standard InChI is InChI=1S/C7H11ClN4/c1-4(2)10-7-11-5(8)3-6(9)12-7/h3-4H,1-2H3,(H3,9,10,11,12). The van der Waals surface area contributed by atoms with E-state index in [1.54, 1.807) is 0 Å². The van der Waals surface area contributed by atoms with Crippen molar-refractivity contribution in [3.8, 4) is 0 Å². The zero-order valence-electron chi connectivity index (χ0n) is 7.00. The second-order valence-electron chi connectivity index (χ2n) is 2.74. The van der Waals surface area contributed by atoms with Gasteiger partial charge in [0.25, 0.3) is 0 Å². The zero-order chi connectivity index (χ0) is 9.14. The normalized spacial score (nSPS) is 10.3. The maximum Gasteiger partial charge on any atom is 0.226 e. The number of halogens is 1. The van der Waals surface area contributed by atoms with Gasteiger partial charge in [-0.15, -0.1) is 0 Å². The average Bonchev–Trinajstić information content (AvgIpc) is 1.81. The Labute approximate surface area is 76.2 Å². The molecule has 1 aromatic rings. The molecular formula is C7H11ClN4. The maximum atomic E-state index is 5.66. The molecule has 0 amide bonds. The molecule has 3 N–H and O–H groups in total. The number of nitrogens with two attached hydrogens (primary N) is 1. The minimum absolute atomic E-state index is 0.267. The van der Waals surface area contributed by atoms with E-state index >= 15 is 0 Å². The van der Waals surface area contributed by atoms with Gasteiger partial charge < -0.3 is 11.1 Å². The third kappa shape index (κ3) is 2.54. The van der Waals surface area contributed by atoms with Crippen molar-refractivity contribution in [1.29, 1.82) is 0 Å². The lowest BCUT2D eigenvalue weighted by molar-refractivity contribution is 0.875. The molecule has 66 valence electrons. The van der Waals surface area contributed by atoms with Crippen LogP contribution in [0.4, 0.5) is 11.8 Å². The van der Waals surface area contributed by atoms with Gasteiger partial charge in [0.15, 0.2) is 0 Å². The number of nitrogens with one attached hydrogen (secondary N) is 1. The molecule has 0 bridgehead atoms. The van der Waals surface area contributed by atoms with Gasteiger partial charge >= 0.3 is 0 Å². The van der Waals surface area contributed by atoms with Crippen LogP contribution in [0.15, 0.2) is 6.07 Å². The van der Waals surface area contributed by atoms with Gasteiger partial charge in [-0.1, -0.05) is 11.6 Å². The van der Waals surface area contributed by atoms with Crippen LogP contribution in [-0.2, 0) is 0 Å². The van der Waals surface area contributed by atoms with Crippen molar-refractivity contribution >= 4 is 23.4 Å². The minimum atomic E-state index is 0.267. The predicted molar refractivity (Wildman–Crippen MR) is 50.2 cm³/mol. The van der Waals surface area contributed by atoms with E-state index in [-0.39, 0.29) is 6.04 Å². The summed E-state index contributed by atoms with van der Waals surface area (Å²) < 4.78 is 0. The van der Waals surface area contributed by atoms with Crippen LogP contribution in [0, 0.1) is 0 Å². The molecule has 0 saturated heterocycles. The molecule has 0 spiro atoms. The molecule has 5 heteroatoms. The second kappa shape index (κ2) is 3.58. The second-order valence-corrected chi connectivity index (χ2v) is 3.13. The van der Waals surface area contributed by atoms with Crippen molar-refractivity contribution in [1.82, 2.24) is 9.97 Å². The largest absolute Gasteiger partial charge is 0.383 e. The van der Waals surface area contributed by atoms with Crippen molar-refractivity contribution in [3.05, 3.63) is 11.2 Å². The van der Waals surface area contributed by atoms with Crippen LogP contribution in [0.3, 0.4) is 0 Å². The number of aromatic nitrogens is 2. The number of hydrogen-bond donors (Lipinski definition) is 2. The summed E-state index contributed by atoms with van der Waals surface area (Å²) in [6.45, 7) is 3.97. The highest BCUT2D eigenvalue weighted by Crippen LogP contribution is 2.11. The maximum absolute atomic E-state index is 5.66. The zero-order valence-corrected chi connectivity index (χ0v) is 7.76. The number of rotatable bonds is 2. The fourth-order valence-corrected chi connectivity index (χ4v) is 0.950. The first kappa shape index (κ1) is 9.06. The molecule has 0 aliphatic heterocycles.